The first-order chi connectivity index (χ1) is 14.0. The van der Waals surface area contributed by atoms with Crippen molar-refractivity contribution in [1.29, 1.82) is 0 Å². The maximum atomic E-state index is 12.9. The van der Waals surface area contributed by atoms with Crippen LogP contribution in [0.4, 0.5) is 28.9 Å². The quantitative estimate of drug-likeness (QED) is 0.557. The molecular weight excluding hydrogens is 424 g/mol. The monoisotopic (exact) mass is 438 g/mol. The van der Waals surface area contributed by atoms with Crippen LogP contribution in [0.3, 0.4) is 0 Å². The summed E-state index contributed by atoms with van der Waals surface area (Å²) in [6.07, 6.45) is -4.61. The number of amides is 1. The largest absolute Gasteiger partial charge is 0.416 e. The van der Waals surface area contributed by atoms with Crippen LogP contribution in [0.5, 0.6) is 0 Å². The number of hydrogen-bond donors (Lipinski definition) is 2. The maximum absolute atomic E-state index is 12.9. The number of sulfonamides is 1. The Morgan fingerprint density at radius 1 is 0.833 bits per heavy atom. The minimum Gasteiger partial charge on any atom is -0.322 e. The van der Waals surface area contributed by atoms with Gasteiger partial charge in [-0.1, -0.05) is 6.07 Å². The average Bonchev–Trinajstić information content (AvgIpc) is 2.69. The molecule has 0 spiro atoms. The van der Waals surface area contributed by atoms with Crippen molar-refractivity contribution in [2.75, 3.05) is 10.0 Å². The van der Waals surface area contributed by atoms with E-state index in [0.29, 0.717) is 11.8 Å². The van der Waals surface area contributed by atoms with Gasteiger partial charge in [-0.25, -0.2) is 12.8 Å². The van der Waals surface area contributed by atoms with E-state index in [0.717, 1.165) is 24.3 Å². The van der Waals surface area contributed by atoms with Crippen molar-refractivity contribution in [3.63, 3.8) is 0 Å². The number of halogens is 4. The molecule has 10 heteroatoms. The molecule has 156 valence electrons. The highest BCUT2D eigenvalue weighted by atomic mass is 32.2. The molecule has 0 fully saturated rings. The summed E-state index contributed by atoms with van der Waals surface area (Å²) in [5, 5.41) is 2.53. The molecule has 0 unspecified atom stereocenters. The number of benzene rings is 3. The van der Waals surface area contributed by atoms with Crippen LogP contribution in [0.25, 0.3) is 0 Å². The smallest absolute Gasteiger partial charge is 0.322 e. The average molecular weight is 438 g/mol. The van der Waals surface area contributed by atoms with Crippen LogP contribution in [0, 0.1) is 5.82 Å². The van der Waals surface area contributed by atoms with Crippen LogP contribution in [0.1, 0.15) is 15.9 Å². The van der Waals surface area contributed by atoms with Crippen LogP contribution >= 0.6 is 0 Å². The van der Waals surface area contributed by atoms with E-state index in [9.17, 15) is 30.8 Å². The Morgan fingerprint density at radius 3 is 2.07 bits per heavy atom. The van der Waals surface area contributed by atoms with Gasteiger partial charge in [0.05, 0.1) is 10.5 Å². The molecule has 0 aliphatic carbocycles. The molecule has 0 atom stereocenters. The van der Waals surface area contributed by atoms with E-state index >= 15 is 0 Å². The Bertz CT molecular complexity index is 1160. The second-order valence-electron chi connectivity index (χ2n) is 6.17. The van der Waals surface area contributed by atoms with Crippen molar-refractivity contribution in [1.82, 2.24) is 0 Å². The topological polar surface area (TPSA) is 75.3 Å². The summed E-state index contributed by atoms with van der Waals surface area (Å²) in [5.41, 5.74) is -0.750. The highest BCUT2D eigenvalue weighted by molar-refractivity contribution is 7.92. The Hall–Kier alpha value is -3.40. The number of alkyl halides is 3. The molecule has 0 heterocycles. The Kier molecular flexibility index (Phi) is 5.79. The maximum Gasteiger partial charge on any atom is 0.416 e. The molecule has 0 aliphatic heterocycles. The molecule has 2 N–H and O–H groups in total. The van der Waals surface area contributed by atoms with Gasteiger partial charge in [-0.2, -0.15) is 13.2 Å². The molecule has 5 nitrogen and oxygen atoms in total. The van der Waals surface area contributed by atoms with E-state index < -0.39 is 33.5 Å². The molecule has 0 bridgehead atoms. The van der Waals surface area contributed by atoms with Crippen molar-refractivity contribution in [2.24, 2.45) is 0 Å². The van der Waals surface area contributed by atoms with Crippen LogP contribution in [-0.2, 0) is 16.2 Å². The molecule has 30 heavy (non-hydrogen) atoms. The third-order valence-electron chi connectivity index (χ3n) is 3.97. The zero-order valence-electron chi connectivity index (χ0n) is 15.1. The lowest BCUT2D eigenvalue weighted by atomic mass is 10.2. The first kappa shape index (κ1) is 21.3. The minimum atomic E-state index is -4.61. The van der Waals surface area contributed by atoms with Gasteiger partial charge in [0.15, 0.2) is 0 Å². The van der Waals surface area contributed by atoms with Crippen molar-refractivity contribution in [2.45, 2.75) is 11.1 Å². The zero-order valence-corrected chi connectivity index (χ0v) is 15.9. The number of rotatable bonds is 5. The fraction of sp³-hybridized carbons (Fsp3) is 0.0500. The van der Waals surface area contributed by atoms with Gasteiger partial charge in [-0.15, -0.1) is 0 Å². The minimum absolute atomic E-state index is 0.136. The molecule has 0 radical (unpaired) electrons. The number of carbonyl (C=O) groups is 1. The van der Waals surface area contributed by atoms with E-state index in [2.05, 4.69) is 10.0 Å². The number of hydrogen-bond acceptors (Lipinski definition) is 3. The number of carbonyl (C=O) groups excluding carboxylic acids is 1. The summed E-state index contributed by atoms with van der Waals surface area (Å²) in [6.45, 7) is 0. The molecular formula is C20H14F4N2O3S. The van der Waals surface area contributed by atoms with Crippen molar-refractivity contribution in [3.05, 3.63) is 89.7 Å². The lowest BCUT2D eigenvalue weighted by Gasteiger charge is -2.11. The zero-order chi connectivity index (χ0) is 21.9. The molecule has 0 saturated heterocycles. The summed E-state index contributed by atoms with van der Waals surface area (Å²) in [4.78, 5) is 12.0. The summed E-state index contributed by atoms with van der Waals surface area (Å²) in [7, 11) is -4.17. The third-order valence-corrected chi connectivity index (χ3v) is 5.37. The standard InChI is InChI=1S/C20H14F4N2O3S/c21-15-6-8-16(9-7-15)25-19(27)13-4-10-18(11-5-13)30(28,29)26-17-3-1-2-14(12-17)20(22,23)24/h1-12,26H,(H,25,27). The Balaban J connectivity index is 1.74. The highest BCUT2D eigenvalue weighted by Gasteiger charge is 2.30. The lowest BCUT2D eigenvalue weighted by molar-refractivity contribution is -0.137. The van der Waals surface area contributed by atoms with E-state index in [4.69, 9.17) is 0 Å². The Morgan fingerprint density at radius 2 is 1.47 bits per heavy atom. The molecule has 3 rings (SSSR count). The van der Waals surface area contributed by atoms with E-state index in [-0.39, 0.29) is 16.1 Å². The second kappa shape index (κ2) is 8.15. The van der Waals surface area contributed by atoms with Gasteiger partial charge < -0.3 is 5.32 Å². The lowest BCUT2D eigenvalue weighted by Crippen LogP contribution is -2.15. The van der Waals surface area contributed by atoms with Crippen molar-refractivity contribution >= 4 is 27.3 Å². The van der Waals surface area contributed by atoms with Gasteiger partial charge in [0.2, 0.25) is 0 Å². The fourth-order valence-electron chi connectivity index (χ4n) is 2.50. The van der Waals surface area contributed by atoms with Gasteiger partial charge in [0, 0.05) is 16.9 Å². The fourth-order valence-corrected chi connectivity index (χ4v) is 3.54. The SMILES string of the molecule is O=C(Nc1ccc(F)cc1)c1ccc(S(=O)(=O)Nc2cccc(C(F)(F)F)c2)cc1. The van der Waals surface area contributed by atoms with E-state index in [1.165, 1.54) is 42.5 Å². The molecule has 0 aliphatic rings. The Labute approximate surface area is 169 Å². The second-order valence-corrected chi connectivity index (χ2v) is 7.85. The van der Waals surface area contributed by atoms with E-state index in [1.54, 1.807) is 0 Å². The van der Waals surface area contributed by atoms with Crippen LogP contribution in [0.15, 0.2) is 77.7 Å². The van der Waals surface area contributed by atoms with Gasteiger partial charge in [-0.3, -0.25) is 9.52 Å². The predicted molar refractivity (Wildman–Crippen MR) is 103 cm³/mol. The number of nitrogens with one attached hydrogen (secondary N) is 2. The molecule has 3 aromatic carbocycles. The van der Waals surface area contributed by atoms with Crippen LogP contribution in [0.2, 0.25) is 0 Å². The molecule has 3 aromatic rings. The van der Waals surface area contributed by atoms with Gasteiger partial charge in [0.1, 0.15) is 5.82 Å². The third kappa shape index (κ3) is 5.15. The first-order valence-electron chi connectivity index (χ1n) is 8.42. The van der Waals surface area contributed by atoms with Crippen LogP contribution < -0.4 is 10.0 Å². The van der Waals surface area contributed by atoms with Crippen molar-refractivity contribution < 1.29 is 30.8 Å². The summed E-state index contributed by atoms with van der Waals surface area (Å²) in [5.74, 6) is -1.01. The molecule has 0 aromatic heterocycles. The normalized spacial score (nSPS) is 11.7. The summed E-state index contributed by atoms with van der Waals surface area (Å²) >= 11 is 0. The van der Waals surface area contributed by atoms with Gasteiger partial charge in [-0.05, 0) is 66.7 Å². The van der Waals surface area contributed by atoms with Crippen LogP contribution in [-0.4, -0.2) is 14.3 Å². The predicted octanol–water partition coefficient (Wildman–Crippen LogP) is 4.90. The van der Waals surface area contributed by atoms with Gasteiger partial charge >= 0.3 is 6.18 Å². The molecule has 0 saturated carbocycles. The summed E-state index contributed by atoms with van der Waals surface area (Å²) < 4.78 is 78.2. The first-order valence-corrected chi connectivity index (χ1v) is 9.90. The number of anilines is 2. The van der Waals surface area contributed by atoms with Crippen molar-refractivity contribution in [3.8, 4) is 0 Å². The molecule has 1 amide bonds. The van der Waals surface area contributed by atoms with E-state index in [1.807, 2.05) is 0 Å². The summed E-state index contributed by atoms with van der Waals surface area (Å²) in [6, 6.07) is 13.7. The highest BCUT2D eigenvalue weighted by Crippen LogP contribution is 2.31. The van der Waals surface area contributed by atoms with Gasteiger partial charge in [0.25, 0.3) is 15.9 Å².